The molecule has 2 amide bonds. The smallest absolute Gasteiger partial charge is 0.338 e. The van der Waals surface area contributed by atoms with Gasteiger partial charge in [-0.1, -0.05) is 0 Å². The zero-order valence-corrected chi connectivity index (χ0v) is 16.5. The molecule has 1 aromatic carbocycles. The maximum Gasteiger partial charge on any atom is 0.338 e. The summed E-state index contributed by atoms with van der Waals surface area (Å²) < 4.78 is 6.73. The van der Waals surface area contributed by atoms with Crippen LogP contribution in [0.1, 0.15) is 42.2 Å². The second-order valence-corrected chi connectivity index (χ2v) is 7.03. The fourth-order valence-corrected chi connectivity index (χ4v) is 3.63. The van der Waals surface area contributed by atoms with Crippen LogP contribution < -0.4 is 11.3 Å². The largest absolute Gasteiger partial charge is 0.452 e. The van der Waals surface area contributed by atoms with Crippen molar-refractivity contribution < 1.29 is 19.1 Å². The van der Waals surface area contributed by atoms with E-state index < -0.39 is 30.4 Å². The average Bonchev–Trinajstić information content (AvgIpc) is 2.72. The van der Waals surface area contributed by atoms with Crippen LogP contribution in [0.4, 0.5) is 0 Å². The molecular weight excluding hydrogens is 376 g/mol. The first kappa shape index (κ1) is 20.5. The van der Waals surface area contributed by atoms with Gasteiger partial charge >= 0.3 is 5.97 Å². The Balaban J connectivity index is 1.74. The molecule has 1 aliphatic heterocycles. The number of rotatable bonds is 5. The molecule has 2 N–H and O–H groups in total. The minimum Gasteiger partial charge on any atom is -0.452 e. The Labute approximate surface area is 167 Å². The molecule has 1 fully saturated rings. The van der Waals surface area contributed by atoms with Gasteiger partial charge in [0.05, 0.1) is 16.6 Å². The van der Waals surface area contributed by atoms with E-state index in [2.05, 4.69) is 4.98 Å². The Morgan fingerprint density at radius 3 is 2.72 bits per heavy atom. The molecule has 0 aliphatic carbocycles. The van der Waals surface area contributed by atoms with Crippen LogP contribution in [0.5, 0.6) is 0 Å². The quantitative estimate of drug-likeness (QED) is 0.739. The molecule has 1 atom stereocenters. The van der Waals surface area contributed by atoms with E-state index in [0.717, 1.165) is 12.8 Å². The van der Waals surface area contributed by atoms with Crippen LogP contribution in [0.3, 0.4) is 0 Å². The second-order valence-electron chi connectivity index (χ2n) is 7.03. The van der Waals surface area contributed by atoms with Crippen LogP contribution in [0, 0.1) is 6.92 Å². The summed E-state index contributed by atoms with van der Waals surface area (Å²) in [4.78, 5) is 54.2. The number of nitrogens with two attached hydrogens (primary N) is 1. The van der Waals surface area contributed by atoms with Gasteiger partial charge in [0.25, 0.3) is 11.5 Å². The van der Waals surface area contributed by atoms with Crippen molar-refractivity contribution in [1.29, 1.82) is 0 Å². The summed E-state index contributed by atoms with van der Waals surface area (Å²) in [5.41, 5.74) is 6.87. The van der Waals surface area contributed by atoms with Gasteiger partial charge in [-0.3, -0.25) is 14.4 Å². The lowest BCUT2D eigenvalue weighted by molar-refractivity contribution is -0.143. The van der Waals surface area contributed by atoms with E-state index in [4.69, 9.17) is 10.5 Å². The fourth-order valence-electron chi connectivity index (χ4n) is 3.63. The summed E-state index contributed by atoms with van der Waals surface area (Å²) in [5.74, 6) is -1.68. The second kappa shape index (κ2) is 8.42. The summed E-state index contributed by atoms with van der Waals surface area (Å²) in [7, 11) is 0. The number of carbonyl (C=O) groups is 3. The Kier molecular flexibility index (Phi) is 5.95. The number of benzene rings is 1. The minimum atomic E-state index is -0.679. The van der Waals surface area contributed by atoms with Crippen molar-refractivity contribution in [2.24, 2.45) is 5.73 Å². The third-order valence-corrected chi connectivity index (χ3v) is 5.14. The Bertz CT molecular complexity index is 1030. The summed E-state index contributed by atoms with van der Waals surface area (Å²) >= 11 is 0. The van der Waals surface area contributed by atoms with Gasteiger partial charge in [0.15, 0.2) is 6.61 Å². The SMILES string of the molecule is CCn1c(=O)c(C)nc2cc(C(=O)OCC(=O)N3CCCC[C@H]3C(N)=O)ccc21. The normalized spacial score (nSPS) is 16.6. The van der Waals surface area contributed by atoms with E-state index in [1.807, 2.05) is 6.92 Å². The van der Waals surface area contributed by atoms with Crippen LogP contribution in [0.15, 0.2) is 23.0 Å². The molecule has 0 spiro atoms. The van der Waals surface area contributed by atoms with Gasteiger partial charge in [-0.15, -0.1) is 0 Å². The summed E-state index contributed by atoms with van der Waals surface area (Å²) in [5, 5.41) is 0. The Morgan fingerprint density at radius 1 is 1.28 bits per heavy atom. The van der Waals surface area contributed by atoms with Crippen molar-refractivity contribution in [2.45, 2.75) is 45.7 Å². The molecule has 3 rings (SSSR count). The van der Waals surface area contributed by atoms with Crippen molar-refractivity contribution >= 4 is 28.8 Å². The first-order chi connectivity index (χ1) is 13.8. The van der Waals surface area contributed by atoms with Gasteiger partial charge in [0.1, 0.15) is 11.7 Å². The maximum absolute atomic E-state index is 12.4. The summed E-state index contributed by atoms with van der Waals surface area (Å²) in [6.45, 7) is 3.90. The number of piperidine rings is 1. The zero-order valence-electron chi connectivity index (χ0n) is 16.5. The number of nitrogens with zero attached hydrogens (tertiary/aromatic N) is 3. The predicted molar refractivity (Wildman–Crippen MR) is 105 cm³/mol. The van der Waals surface area contributed by atoms with Crippen LogP contribution >= 0.6 is 0 Å². The first-order valence-corrected chi connectivity index (χ1v) is 9.60. The molecule has 2 heterocycles. The molecule has 1 saturated heterocycles. The molecule has 2 aromatic rings. The molecule has 0 radical (unpaired) electrons. The lowest BCUT2D eigenvalue weighted by Crippen LogP contribution is -2.51. The highest BCUT2D eigenvalue weighted by molar-refractivity contribution is 5.95. The van der Waals surface area contributed by atoms with Gasteiger partial charge < -0.3 is 19.9 Å². The third-order valence-electron chi connectivity index (χ3n) is 5.14. The minimum absolute atomic E-state index is 0.175. The van der Waals surface area contributed by atoms with E-state index in [0.29, 0.717) is 36.2 Å². The monoisotopic (exact) mass is 400 g/mol. The van der Waals surface area contributed by atoms with Gasteiger partial charge in [-0.05, 0) is 51.3 Å². The molecule has 1 aromatic heterocycles. The number of aromatic nitrogens is 2. The molecule has 154 valence electrons. The van der Waals surface area contributed by atoms with Crippen molar-refractivity contribution in [3.05, 3.63) is 39.8 Å². The van der Waals surface area contributed by atoms with E-state index in [1.165, 1.54) is 17.0 Å². The average molecular weight is 400 g/mol. The Hall–Kier alpha value is -3.23. The van der Waals surface area contributed by atoms with Crippen LogP contribution in [-0.4, -0.2) is 51.4 Å². The van der Waals surface area contributed by atoms with E-state index in [9.17, 15) is 19.2 Å². The van der Waals surface area contributed by atoms with Gasteiger partial charge in [0, 0.05) is 13.1 Å². The highest BCUT2D eigenvalue weighted by atomic mass is 16.5. The van der Waals surface area contributed by atoms with Crippen molar-refractivity contribution in [1.82, 2.24) is 14.5 Å². The number of primary amides is 1. The molecule has 0 bridgehead atoms. The van der Waals surface area contributed by atoms with Crippen LogP contribution in [-0.2, 0) is 20.9 Å². The Morgan fingerprint density at radius 2 is 2.03 bits per heavy atom. The fraction of sp³-hybridized carbons (Fsp3) is 0.450. The molecule has 0 saturated carbocycles. The van der Waals surface area contributed by atoms with Gasteiger partial charge in [0.2, 0.25) is 5.91 Å². The molecule has 0 unspecified atom stereocenters. The van der Waals surface area contributed by atoms with Crippen molar-refractivity contribution in [3.63, 3.8) is 0 Å². The number of hydrogen-bond acceptors (Lipinski definition) is 6. The number of aryl methyl sites for hydroxylation is 2. The number of amides is 2. The van der Waals surface area contributed by atoms with Gasteiger partial charge in [-0.25, -0.2) is 9.78 Å². The highest BCUT2D eigenvalue weighted by Crippen LogP contribution is 2.18. The van der Waals surface area contributed by atoms with E-state index in [-0.39, 0.29) is 11.1 Å². The molecule has 1 aliphatic rings. The number of fused-ring (bicyclic) bond motifs is 1. The molecular formula is C20H24N4O5. The molecule has 9 heteroatoms. The van der Waals surface area contributed by atoms with Gasteiger partial charge in [-0.2, -0.15) is 0 Å². The predicted octanol–water partition coefficient (Wildman–Crippen LogP) is 0.748. The number of esters is 1. The van der Waals surface area contributed by atoms with E-state index >= 15 is 0 Å². The van der Waals surface area contributed by atoms with Crippen LogP contribution in [0.2, 0.25) is 0 Å². The summed E-state index contributed by atoms with van der Waals surface area (Å²) in [6.07, 6.45) is 2.12. The standard InChI is InChI=1S/C20H24N4O5/c1-3-23-15-8-7-13(10-14(15)22-12(2)19(23)27)20(28)29-11-17(25)24-9-5-4-6-16(24)18(21)26/h7-8,10,16H,3-6,9,11H2,1-2H3,(H2,21,26)/t16-/m0/s1. The van der Waals surface area contributed by atoms with E-state index in [1.54, 1.807) is 17.6 Å². The number of ether oxygens (including phenoxy) is 1. The number of likely N-dealkylation sites (tertiary alicyclic amines) is 1. The zero-order chi connectivity index (χ0) is 21.1. The third kappa shape index (κ3) is 4.13. The van der Waals surface area contributed by atoms with Crippen molar-refractivity contribution in [2.75, 3.05) is 13.2 Å². The number of carbonyl (C=O) groups excluding carboxylic acids is 3. The van der Waals surface area contributed by atoms with Crippen LogP contribution in [0.25, 0.3) is 11.0 Å². The van der Waals surface area contributed by atoms with Crippen molar-refractivity contribution in [3.8, 4) is 0 Å². The maximum atomic E-state index is 12.4. The summed E-state index contributed by atoms with van der Waals surface area (Å²) in [6, 6.07) is 4.05. The lowest BCUT2D eigenvalue weighted by atomic mass is 10.0. The lowest BCUT2D eigenvalue weighted by Gasteiger charge is -2.33. The molecule has 29 heavy (non-hydrogen) atoms. The first-order valence-electron chi connectivity index (χ1n) is 9.60. The highest BCUT2D eigenvalue weighted by Gasteiger charge is 2.31. The molecule has 9 nitrogen and oxygen atoms in total. The number of hydrogen-bond donors (Lipinski definition) is 1. The topological polar surface area (TPSA) is 125 Å².